The quantitative estimate of drug-likeness (QED) is 0.808. The van der Waals surface area contributed by atoms with Crippen molar-refractivity contribution in [2.24, 2.45) is 0 Å². The summed E-state index contributed by atoms with van der Waals surface area (Å²) in [5.74, 6) is -0.702. The van der Waals surface area contributed by atoms with E-state index >= 15 is 0 Å². The van der Waals surface area contributed by atoms with Gasteiger partial charge in [-0.05, 0) is 25.5 Å². The van der Waals surface area contributed by atoms with E-state index < -0.39 is 5.82 Å². The minimum absolute atomic E-state index is 0.00326. The first-order chi connectivity index (χ1) is 8.63. The third-order valence-electron chi connectivity index (χ3n) is 3.30. The molecule has 4 heteroatoms. The van der Waals surface area contributed by atoms with Crippen LogP contribution in [0.2, 0.25) is 0 Å². The second kappa shape index (κ2) is 5.48. The van der Waals surface area contributed by atoms with Crippen LogP contribution >= 0.6 is 0 Å². The van der Waals surface area contributed by atoms with E-state index in [-0.39, 0.29) is 23.6 Å². The lowest BCUT2D eigenvalue weighted by Gasteiger charge is -2.38. The number of amides is 1. The van der Waals surface area contributed by atoms with Crippen molar-refractivity contribution < 1.29 is 13.9 Å². The fourth-order valence-corrected chi connectivity index (χ4v) is 2.22. The summed E-state index contributed by atoms with van der Waals surface area (Å²) in [7, 11) is 0. The maximum atomic E-state index is 13.6. The summed E-state index contributed by atoms with van der Waals surface area (Å²) in [6, 6.07) is 6.16. The topological polar surface area (TPSA) is 29.5 Å². The summed E-state index contributed by atoms with van der Waals surface area (Å²) >= 11 is 0. The van der Waals surface area contributed by atoms with Gasteiger partial charge < -0.3 is 9.64 Å². The van der Waals surface area contributed by atoms with Gasteiger partial charge >= 0.3 is 0 Å². The van der Waals surface area contributed by atoms with Gasteiger partial charge in [0.1, 0.15) is 5.82 Å². The van der Waals surface area contributed by atoms with E-state index in [1.165, 1.54) is 12.1 Å². The minimum Gasteiger partial charge on any atom is -0.375 e. The molecule has 1 aliphatic heterocycles. The van der Waals surface area contributed by atoms with E-state index in [4.69, 9.17) is 4.74 Å². The Kier molecular flexibility index (Phi) is 3.97. The highest BCUT2D eigenvalue weighted by Crippen LogP contribution is 2.19. The van der Waals surface area contributed by atoms with Gasteiger partial charge in [0.05, 0.1) is 24.3 Å². The molecule has 98 valence electrons. The number of nitrogens with zero attached hydrogens (tertiary/aromatic N) is 1. The van der Waals surface area contributed by atoms with Crippen molar-refractivity contribution in [3.05, 3.63) is 35.6 Å². The van der Waals surface area contributed by atoms with Crippen molar-refractivity contribution in [2.75, 3.05) is 13.2 Å². The maximum absolute atomic E-state index is 13.6. The first-order valence-corrected chi connectivity index (χ1v) is 6.30. The van der Waals surface area contributed by atoms with Gasteiger partial charge in [-0.15, -0.1) is 0 Å². The average Bonchev–Trinajstić information content (AvgIpc) is 2.38. The number of rotatable bonds is 2. The number of carbonyl (C=O) groups excluding carboxylic acids is 1. The average molecular weight is 251 g/mol. The molecule has 0 radical (unpaired) electrons. The number of hydrogen-bond donors (Lipinski definition) is 0. The van der Waals surface area contributed by atoms with E-state index in [0.717, 1.165) is 6.42 Å². The van der Waals surface area contributed by atoms with Crippen LogP contribution in [-0.4, -0.2) is 36.1 Å². The van der Waals surface area contributed by atoms with Crippen LogP contribution in [0.25, 0.3) is 0 Å². The van der Waals surface area contributed by atoms with Crippen LogP contribution < -0.4 is 0 Å². The monoisotopic (exact) mass is 251 g/mol. The fourth-order valence-electron chi connectivity index (χ4n) is 2.22. The van der Waals surface area contributed by atoms with Crippen LogP contribution in [0.3, 0.4) is 0 Å². The van der Waals surface area contributed by atoms with Crippen LogP contribution in [0.15, 0.2) is 24.3 Å². The number of benzene rings is 1. The number of carbonyl (C=O) groups is 1. The highest BCUT2D eigenvalue weighted by molar-refractivity contribution is 5.94. The Morgan fingerprint density at radius 2 is 2.22 bits per heavy atom. The van der Waals surface area contributed by atoms with Gasteiger partial charge in [0.2, 0.25) is 0 Å². The molecule has 0 aliphatic carbocycles. The third kappa shape index (κ3) is 2.53. The Bertz CT molecular complexity index is 436. The van der Waals surface area contributed by atoms with Crippen molar-refractivity contribution in [1.82, 2.24) is 4.90 Å². The number of hydrogen-bond acceptors (Lipinski definition) is 2. The summed E-state index contributed by atoms with van der Waals surface area (Å²) in [5, 5.41) is 0. The van der Waals surface area contributed by atoms with Gasteiger partial charge in [-0.3, -0.25) is 4.79 Å². The Hall–Kier alpha value is -1.42. The van der Waals surface area contributed by atoms with Gasteiger partial charge in [-0.2, -0.15) is 0 Å². The first kappa shape index (κ1) is 13.0. The van der Waals surface area contributed by atoms with Crippen molar-refractivity contribution in [3.8, 4) is 0 Å². The van der Waals surface area contributed by atoms with Crippen LogP contribution in [0, 0.1) is 5.82 Å². The second-order valence-electron chi connectivity index (χ2n) is 4.64. The molecule has 3 nitrogen and oxygen atoms in total. The molecular formula is C14H18FNO2. The lowest BCUT2D eigenvalue weighted by atomic mass is 10.1. The largest absolute Gasteiger partial charge is 0.375 e. The molecule has 0 N–H and O–H groups in total. The van der Waals surface area contributed by atoms with Crippen LogP contribution in [0.4, 0.5) is 4.39 Å². The molecule has 2 rings (SSSR count). The summed E-state index contributed by atoms with van der Waals surface area (Å²) in [6.45, 7) is 4.97. The molecule has 18 heavy (non-hydrogen) atoms. The van der Waals surface area contributed by atoms with Gasteiger partial charge in [0.25, 0.3) is 5.91 Å². The number of halogens is 1. The Morgan fingerprint density at radius 1 is 1.50 bits per heavy atom. The molecular weight excluding hydrogens is 233 g/mol. The van der Waals surface area contributed by atoms with E-state index in [1.807, 2.05) is 13.8 Å². The molecule has 2 atom stereocenters. The van der Waals surface area contributed by atoms with Crippen LogP contribution in [0.1, 0.15) is 30.6 Å². The molecule has 0 bridgehead atoms. The summed E-state index contributed by atoms with van der Waals surface area (Å²) in [6.07, 6.45) is 0.816. The molecule has 0 saturated carbocycles. The van der Waals surface area contributed by atoms with Crippen molar-refractivity contribution in [3.63, 3.8) is 0 Å². The smallest absolute Gasteiger partial charge is 0.257 e. The molecule has 1 aromatic carbocycles. The number of ether oxygens (including phenoxy) is 1. The van der Waals surface area contributed by atoms with E-state index in [0.29, 0.717) is 13.2 Å². The molecule has 1 aromatic rings. The zero-order chi connectivity index (χ0) is 13.1. The van der Waals surface area contributed by atoms with E-state index in [2.05, 4.69) is 0 Å². The summed E-state index contributed by atoms with van der Waals surface area (Å²) in [5.41, 5.74) is 0.144. The van der Waals surface area contributed by atoms with Gasteiger partial charge in [-0.25, -0.2) is 4.39 Å². The predicted octanol–water partition coefficient (Wildman–Crippen LogP) is 2.47. The number of morpholine rings is 1. The highest BCUT2D eigenvalue weighted by atomic mass is 19.1. The van der Waals surface area contributed by atoms with E-state index in [1.54, 1.807) is 17.0 Å². The van der Waals surface area contributed by atoms with Crippen molar-refractivity contribution in [1.29, 1.82) is 0 Å². The van der Waals surface area contributed by atoms with Crippen LogP contribution in [0.5, 0.6) is 0 Å². The molecule has 1 saturated heterocycles. The molecule has 2 unspecified atom stereocenters. The first-order valence-electron chi connectivity index (χ1n) is 6.30. The maximum Gasteiger partial charge on any atom is 0.257 e. The lowest BCUT2D eigenvalue weighted by molar-refractivity contribution is -0.0445. The van der Waals surface area contributed by atoms with Gasteiger partial charge in [0, 0.05) is 6.54 Å². The van der Waals surface area contributed by atoms with Crippen molar-refractivity contribution in [2.45, 2.75) is 32.4 Å². The molecule has 1 amide bonds. The third-order valence-corrected chi connectivity index (χ3v) is 3.30. The standard InChI is InChI=1S/C14H18FNO2/c1-3-11-9-18-10(2)8-16(11)14(17)12-6-4-5-7-13(12)15/h4-7,10-11H,3,8-9H2,1-2H3. The Balaban J connectivity index is 2.23. The second-order valence-corrected chi connectivity index (χ2v) is 4.64. The zero-order valence-electron chi connectivity index (χ0n) is 10.7. The van der Waals surface area contributed by atoms with Crippen LogP contribution in [-0.2, 0) is 4.74 Å². The summed E-state index contributed by atoms with van der Waals surface area (Å²) in [4.78, 5) is 14.1. The zero-order valence-corrected chi connectivity index (χ0v) is 10.7. The molecule has 0 spiro atoms. The SMILES string of the molecule is CCC1COC(C)CN1C(=O)c1ccccc1F. The van der Waals surface area contributed by atoms with Gasteiger partial charge in [-0.1, -0.05) is 19.1 Å². The minimum atomic E-state index is -0.462. The highest BCUT2D eigenvalue weighted by Gasteiger charge is 2.30. The van der Waals surface area contributed by atoms with Crippen molar-refractivity contribution >= 4 is 5.91 Å². The van der Waals surface area contributed by atoms with E-state index in [9.17, 15) is 9.18 Å². The summed E-state index contributed by atoms with van der Waals surface area (Å²) < 4.78 is 19.2. The molecule has 1 heterocycles. The lowest BCUT2D eigenvalue weighted by Crippen LogP contribution is -2.51. The molecule has 1 fully saturated rings. The predicted molar refractivity (Wildman–Crippen MR) is 66.9 cm³/mol. The normalized spacial score (nSPS) is 24.1. The van der Waals surface area contributed by atoms with Gasteiger partial charge in [0.15, 0.2) is 0 Å². The Morgan fingerprint density at radius 3 is 2.89 bits per heavy atom. The molecule has 0 aromatic heterocycles. The Labute approximate surface area is 107 Å². The molecule has 1 aliphatic rings. The fraction of sp³-hybridized carbons (Fsp3) is 0.500.